The van der Waals surface area contributed by atoms with Gasteiger partial charge in [-0.1, -0.05) is 23.2 Å². The Morgan fingerprint density at radius 3 is 2.70 bits per heavy atom. The van der Waals surface area contributed by atoms with Gasteiger partial charge in [-0.3, -0.25) is 9.36 Å². The molecule has 6 rings (SSSR count). The molecule has 0 aliphatic carbocycles. The van der Waals surface area contributed by atoms with Crippen LogP contribution < -0.4 is 15.0 Å². The smallest absolute Gasteiger partial charge is 0.266 e. The van der Waals surface area contributed by atoms with Crippen molar-refractivity contribution in [2.45, 2.75) is 6.42 Å². The number of nitrogens with zero attached hydrogens (tertiary/aromatic N) is 5. The maximum atomic E-state index is 13.2. The normalized spacial score (nSPS) is 13.4. The van der Waals surface area contributed by atoms with E-state index in [1.165, 1.54) is 10.8 Å². The van der Waals surface area contributed by atoms with Crippen molar-refractivity contribution >= 4 is 39.9 Å². The van der Waals surface area contributed by atoms with E-state index in [2.05, 4.69) is 15.1 Å². The van der Waals surface area contributed by atoms with Crippen LogP contribution in [0.4, 0.5) is 0 Å². The molecule has 0 radical (unpaired) electrons. The predicted molar refractivity (Wildman–Crippen MR) is 125 cm³/mol. The molecule has 0 spiro atoms. The second-order valence-electron chi connectivity index (χ2n) is 7.50. The van der Waals surface area contributed by atoms with Gasteiger partial charge in [0, 0.05) is 29.4 Å². The Balaban J connectivity index is 1.49. The maximum absolute atomic E-state index is 13.2. The Kier molecular flexibility index (Phi) is 4.70. The SMILES string of the molecule is O=c1c2cnc3nc(-c4ccc5c(c4)OCCCO5)nn3c2ccn1-c1cc(Cl)ccc1Cl. The minimum atomic E-state index is -0.293. The largest absolute Gasteiger partial charge is 0.490 e. The summed E-state index contributed by atoms with van der Waals surface area (Å²) in [6.07, 6.45) is 3.95. The lowest BCUT2D eigenvalue weighted by molar-refractivity contribution is 0.297. The summed E-state index contributed by atoms with van der Waals surface area (Å²) in [4.78, 5) is 22.1. The number of ether oxygens (including phenoxy) is 2. The van der Waals surface area contributed by atoms with Crippen LogP contribution in [0, 0.1) is 0 Å². The number of rotatable bonds is 2. The third kappa shape index (κ3) is 3.39. The van der Waals surface area contributed by atoms with Crippen LogP contribution in [0.25, 0.3) is 33.8 Å². The molecule has 0 saturated heterocycles. The third-order valence-corrected chi connectivity index (χ3v) is 5.96. The van der Waals surface area contributed by atoms with Crippen LogP contribution in [0.1, 0.15) is 6.42 Å². The van der Waals surface area contributed by atoms with E-state index in [0.29, 0.717) is 63.0 Å². The van der Waals surface area contributed by atoms with Gasteiger partial charge in [0.05, 0.1) is 34.8 Å². The molecule has 10 heteroatoms. The number of fused-ring (bicyclic) bond motifs is 4. The molecular formula is C23H15Cl2N5O3. The number of pyridine rings is 1. The van der Waals surface area contributed by atoms with Gasteiger partial charge in [-0.05, 0) is 42.5 Å². The van der Waals surface area contributed by atoms with Gasteiger partial charge in [0.25, 0.3) is 11.3 Å². The van der Waals surface area contributed by atoms with E-state index in [4.69, 9.17) is 32.7 Å². The lowest BCUT2D eigenvalue weighted by Gasteiger charge is -2.09. The zero-order chi connectivity index (χ0) is 22.5. The minimum Gasteiger partial charge on any atom is -0.490 e. The van der Waals surface area contributed by atoms with Crippen LogP contribution in [0.3, 0.4) is 0 Å². The molecule has 0 fully saturated rings. The minimum absolute atomic E-state index is 0.293. The van der Waals surface area contributed by atoms with Gasteiger partial charge in [-0.25, -0.2) is 4.98 Å². The molecule has 1 aliphatic rings. The lowest BCUT2D eigenvalue weighted by atomic mass is 10.2. The standard InChI is InChI=1S/C23H15Cl2N5O3/c24-14-3-4-16(25)18(11-14)29-7-6-17-15(22(29)31)12-26-23-27-21(28-30(17)23)13-2-5-19-20(10-13)33-9-1-8-32-19/h2-7,10-12H,1,8-9H2. The first-order chi connectivity index (χ1) is 16.1. The maximum Gasteiger partial charge on any atom is 0.266 e. The number of hydrogen-bond donors (Lipinski definition) is 0. The highest BCUT2D eigenvalue weighted by molar-refractivity contribution is 6.34. The summed E-state index contributed by atoms with van der Waals surface area (Å²) >= 11 is 12.4. The number of benzene rings is 2. The molecule has 0 bridgehead atoms. The van der Waals surface area contributed by atoms with Crippen molar-refractivity contribution in [3.05, 3.63) is 75.3 Å². The van der Waals surface area contributed by atoms with E-state index < -0.39 is 0 Å². The number of halogens is 2. The molecule has 33 heavy (non-hydrogen) atoms. The Labute approximate surface area is 196 Å². The summed E-state index contributed by atoms with van der Waals surface area (Å²) in [5, 5.41) is 5.87. The first-order valence-electron chi connectivity index (χ1n) is 10.2. The Bertz CT molecular complexity index is 1610. The van der Waals surface area contributed by atoms with Crippen LogP contribution >= 0.6 is 23.2 Å². The van der Waals surface area contributed by atoms with Gasteiger partial charge >= 0.3 is 0 Å². The van der Waals surface area contributed by atoms with E-state index in [1.54, 1.807) is 35.0 Å². The Hall–Kier alpha value is -3.62. The van der Waals surface area contributed by atoms with Crippen molar-refractivity contribution in [3.63, 3.8) is 0 Å². The average molecular weight is 480 g/mol. The van der Waals surface area contributed by atoms with Crippen molar-refractivity contribution < 1.29 is 9.47 Å². The number of aromatic nitrogens is 5. The van der Waals surface area contributed by atoms with Crippen LogP contribution in [0.15, 0.2) is 59.7 Å². The van der Waals surface area contributed by atoms with Crippen LogP contribution in [-0.2, 0) is 0 Å². The molecule has 3 aromatic heterocycles. The first-order valence-corrected chi connectivity index (χ1v) is 11.0. The summed E-state index contributed by atoms with van der Waals surface area (Å²) in [6, 6.07) is 12.3. The summed E-state index contributed by atoms with van der Waals surface area (Å²) in [5.41, 5.74) is 1.53. The van der Waals surface area contributed by atoms with Crippen molar-refractivity contribution in [3.8, 4) is 28.6 Å². The van der Waals surface area contributed by atoms with Gasteiger partial charge in [0.15, 0.2) is 17.3 Å². The molecule has 164 valence electrons. The van der Waals surface area contributed by atoms with Gasteiger partial charge in [-0.2, -0.15) is 9.50 Å². The lowest BCUT2D eigenvalue weighted by Crippen LogP contribution is -2.19. The molecule has 0 amide bonds. The molecule has 0 N–H and O–H groups in total. The molecule has 4 heterocycles. The zero-order valence-electron chi connectivity index (χ0n) is 17.0. The zero-order valence-corrected chi connectivity index (χ0v) is 18.5. The van der Waals surface area contributed by atoms with Crippen molar-refractivity contribution in [2.75, 3.05) is 13.2 Å². The molecule has 2 aromatic carbocycles. The first kappa shape index (κ1) is 20.0. The summed E-state index contributed by atoms with van der Waals surface area (Å²) in [5.74, 6) is 2.20. The predicted octanol–water partition coefficient (Wildman–Crippen LogP) is 4.56. The Morgan fingerprint density at radius 2 is 1.82 bits per heavy atom. The van der Waals surface area contributed by atoms with E-state index in [9.17, 15) is 4.79 Å². The molecular weight excluding hydrogens is 465 g/mol. The van der Waals surface area contributed by atoms with Gasteiger partial charge in [0.2, 0.25) is 0 Å². The van der Waals surface area contributed by atoms with E-state index in [-0.39, 0.29) is 5.56 Å². The quantitative estimate of drug-likeness (QED) is 0.368. The average Bonchev–Trinajstić information content (AvgIpc) is 3.13. The molecule has 5 aromatic rings. The second kappa shape index (κ2) is 7.75. The van der Waals surface area contributed by atoms with E-state index in [1.807, 2.05) is 18.2 Å². The van der Waals surface area contributed by atoms with Gasteiger partial charge in [-0.15, -0.1) is 5.10 Å². The monoisotopic (exact) mass is 479 g/mol. The highest BCUT2D eigenvalue weighted by atomic mass is 35.5. The highest BCUT2D eigenvalue weighted by Crippen LogP contribution is 2.33. The van der Waals surface area contributed by atoms with E-state index >= 15 is 0 Å². The third-order valence-electron chi connectivity index (χ3n) is 5.41. The van der Waals surface area contributed by atoms with Crippen molar-refractivity contribution in [1.29, 1.82) is 0 Å². The molecule has 0 unspecified atom stereocenters. The van der Waals surface area contributed by atoms with Crippen molar-refractivity contribution in [1.82, 2.24) is 24.1 Å². The van der Waals surface area contributed by atoms with Gasteiger partial charge < -0.3 is 9.47 Å². The molecule has 0 atom stereocenters. The summed E-state index contributed by atoms with van der Waals surface area (Å²) in [6.45, 7) is 1.21. The summed E-state index contributed by atoms with van der Waals surface area (Å²) < 4.78 is 14.5. The topological polar surface area (TPSA) is 83.5 Å². The number of hydrogen-bond acceptors (Lipinski definition) is 6. The molecule has 1 aliphatic heterocycles. The molecule has 8 nitrogen and oxygen atoms in total. The fraction of sp³-hybridized carbons (Fsp3) is 0.130. The Morgan fingerprint density at radius 1 is 0.970 bits per heavy atom. The second-order valence-corrected chi connectivity index (χ2v) is 8.35. The van der Waals surface area contributed by atoms with Crippen molar-refractivity contribution in [2.24, 2.45) is 0 Å². The van der Waals surface area contributed by atoms with E-state index in [0.717, 1.165) is 12.0 Å². The fourth-order valence-corrected chi connectivity index (χ4v) is 4.18. The molecule has 0 saturated carbocycles. The van der Waals surface area contributed by atoms with Crippen LogP contribution in [-0.4, -0.2) is 37.4 Å². The van der Waals surface area contributed by atoms with Gasteiger partial charge in [0.1, 0.15) is 0 Å². The fourth-order valence-electron chi connectivity index (χ4n) is 3.80. The highest BCUT2D eigenvalue weighted by Gasteiger charge is 2.17. The van der Waals surface area contributed by atoms with Crippen LogP contribution in [0.5, 0.6) is 11.5 Å². The summed E-state index contributed by atoms with van der Waals surface area (Å²) in [7, 11) is 0. The van der Waals surface area contributed by atoms with Crippen LogP contribution in [0.2, 0.25) is 10.0 Å².